The second-order valence-electron chi connectivity index (χ2n) is 32.2. The predicted octanol–water partition coefficient (Wildman–Crippen LogP) is 15.7. The van der Waals surface area contributed by atoms with Crippen molar-refractivity contribution in [3.05, 3.63) is 155 Å². The number of aryl methyl sites for hydroxylation is 10. The third kappa shape index (κ3) is 23.5. The molecule has 28 heteroatoms. The number of imidazole rings is 1. The zero-order chi connectivity index (χ0) is 81.1. The van der Waals surface area contributed by atoms with E-state index in [0.717, 1.165) is 76.5 Å². The van der Waals surface area contributed by atoms with E-state index in [2.05, 4.69) is 285 Å². The molecule has 0 saturated carbocycles. The van der Waals surface area contributed by atoms with Crippen molar-refractivity contribution in [2.75, 3.05) is 0 Å². The van der Waals surface area contributed by atoms with Gasteiger partial charge < -0.3 is 9.13 Å². The fraction of sp³-hybridized carbons (Fsp3) is 0.662. The van der Waals surface area contributed by atoms with E-state index in [4.69, 9.17) is 0 Å². The van der Waals surface area contributed by atoms with E-state index in [9.17, 15) is 0 Å². The van der Waals surface area contributed by atoms with Crippen LogP contribution in [0.15, 0.2) is 12.4 Å². The van der Waals surface area contributed by atoms with Crippen LogP contribution < -0.4 is 0 Å². The highest BCUT2D eigenvalue weighted by Crippen LogP contribution is 2.35. The second kappa shape index (κ2) is 37.8. The van der Waals surface area contributed by atoms with Gasteiger partial charge in [0.1, 0.15) is 40.8 Å². The van der Waals surface area contributed by atoms with Crippen molar-refractivity contribution in [3.63, 3.8) is 0 Å². The lowest BCUT2D eigenvalue weighted by Crippen LogP contribution is -2.04. The van der Waals surface area contributed by atoms with Gasteiger partial charge in [-0.2, -0.15) is 30.6 Å². The fourth-order valence-electron chi connectivity index (χ4n) is 12.2. The van der Waals surface area contributed by atoms with Gasteiger partial charge in [0.2, 0.25) is 0 Å². The monoisotopic (exact) mass is 1490 g/mol. The van der Waals surface area contributed by atoms with Crippen LogP contribution in [0.25, 0.3) is 0 Å². The van der Waals surface area contributed by atoms with Crippen LogP contribution in [0.4, 0.5) is 0 Å². The van der Waals surface area contributed by atoms with Gasteiger partial charge in [-0.05, 0) is 174 Å². The Hall–Kier alpha value is -9.11. The van der Waals surface area contributed by atoms with Crippen molar-refractivity contribution in [1.29, 1.82) is 0 Å². The average molecular weight is 1490 g/mol. The maximum Gasteiger partial charge on any atom is 0.147 e. The van der Waals surface area contributed by atoms with Gasteiger partial charge in [0, 0.05) is 129 Å². The second-order valence-corrected chi connectivity index (χ2v) is 32.2. The van der Waals surface area contributed by atoms with E-state index in [0.29, 0.717) is 65.7 Å². The van der Waals surface area contributed by atoms with Crippen molar-refractivity contribution in [2.24, 2.45) is 28.2 Å². The summed E-state index contributed by atoms with van der Waals surface area (Å²) in [6.45, 7) is 71.4. The molecule has 0 N–H and O–H groups in total. The normalized spacial score (nSPS) is 12.3. The molecule has 11 aromatic rings. The first kappa shape index (κ1) is 87.8. The first-order chi connectivity index (χ1) is 50.4. The van der Waals surface area contributed by atoms with Crippen molar-refractivity contribution in [1.82, 2.24) is 138 Å². The molecule has 594 valence electrons. The van der Waals surface area contributed by atoms with Crippen LogP contribution in [0.3, 0.4) is 0 Å². The molecule has 0 aromatic carbocycles. The van der Waals surface area contributed by atoms with Crippen LogP contribution in [0.2, 0.25) is 0 Å². The predicted molar refractivity (Wildman–Crippen MR) is 430 cm³/mol. The van der Waals surface area contributed by atoms with Gasteiger partial charge in [-0.15, -0.1) is 25.5 Å². The Balaban J connectivity index is 0.000000186. The third-order valence-electron chi connectivity index (χ3n) is 19.1. The molecule has 16 rings (SSSR count). The lowest BCUT2D eigenvalue weighted by molar-refractivity contribution is 0.502. The minimum absolute atomic E-state index is 0.418. The largest absolute Gasteiger partial charge is 0.324 e. The molecule has 0 radical (unpaired) electrons. The highest BCUT2D eigenvalue weighted by molar-refractivity contribution is 5.45. The molecule has 108 heavy (non-hydrogen) atoms. The third-order valence-corrected chi connectivity index (χ3v) is 19.1. The van der Waals surface area contributed by atoms with Gasteiger partial charge in [-0.3, -0.25) is 28.1 Å². The van der Waals surface area contributed by atoms with Gasteiger partial charge in [0.05, 0.1) is 82.4 Å². The van der Waals surface area contributed by atoms with Crippen molar-refractivity contribution in [3.8, 4) is 0 Å². The number of aromatic nitrogens is 28. The van der Waals surface area contributed by atoms with Crippen LogP contribution in [0.1, 0.15) is 361 Å². The molecule has 0 amide bonds. The summed E-state index contributed by atoms with van der Waals surface area (Å²) in [6.07, 6.45) is 7.49. The first-order valence-electron chi connectivity index (χ1n) is 38.9. The highest BCUT2D eigenvalue weighted by atomic mass is 15.5. The summed E-state index contributed by atoms with van der Waals surface area (Å²) < 4.78 is 22.0. The number of hydrogen-bond donors (Lipinski definition) is 0. The topological polar surface area (TPSA) is 273 Å². The Morgan fingerprint density at radius 3 is 1.09 bits per heavy atom. The molecule has 3 aliphatic carbocycles. The molecular formula is C80H134N28. The number of nitrogens with zero attached hydrogens (tertiary/aromatic N) is 28. The zero-order valence-electron chi connectivity index (χ0n) is 73.1. The van der Waals surface area contributed by atoms with E-state index >= 15 is 0 Å². The molecular weight excluding hydrogens is 1350 g/mol. The van der Waals surface area contributed by atoms with E-state index in [1.807, 2.05) is 117 Å². The number of hydrogen-bond acceptors (Lipinski definition) is 17. The summed E-state index contributed by atoms with van der Waals surface area (Å²) >= 11 is 0. The summed E-state index contributed by atoms with van der Waals surface area (Å²) in [4.78, 5) is 12.7. The molecule has 0 unspecified atom stereocenters. The van der Waals surface area contributed by atoms with E-state index in [1.165, 1.54) is 98.6 Å². The Labute approximate surface area is 644 Å². The summed E-state index contributed by atoms with van der Waals surface area (Å²) in [7, 11) is 7.85. The van der Waals surface area contributed by atoms with Gasteiger partial charge in [-0.25, -0.2) is 29.0 Å². The van der Waals surface area contributed by atoms with E-state index in [1.54, 1.807) is 4.68 Å². The van der Waals surface area contributed by atoms with E-state index < -0.39 is 0 Å². The lowest BCUT2D eigenvalue weighted by atomic mass is 10.1. The van der Waals surface area contributed by atoms with Crippen LogP contribution >= 0.6 is 0 Å². The Kier molecular flexibility index (Phi) is 30.7. The van der Waals surface area contributed by atoms with Crippen molar-refractivity contribution >= 4 is 0 Å². The molecule has 0 saturated heterocycles. The molecule has 0 fully saturated rings. The van der Waals surface area contributed by atoms with Gasteiger partial charge in [-0.1, -0.05) is 98.7 Å². The fourth-order valence-corrected chi connectivity index (χ4v) is 12.2. The summed E-state index contributed by atoms with van der Waals surface area (Å²) in [5.74, 6) is 10.1. The number of rotatable bonds is 11. The van der Waals surface area contributed by atoms with E-state index in [-0.39, 0.29) is 0 Å². The van der Waals surface area contributed by atoms with Crippen LogP contribution in [-0.4, -0.2) is 138 Å². The molecule has 2 aliphatic heterocycles. The minimum Gasteiger partial charge on any atom is -0.324 e. The molecule has 11 aromatic heterocycles. The SMILES string of the molecule is CC(C)c1ncc2n1C2.CC(C)c1nn(C)c2c1C2.CC(C)c1nnn2c1C2.CC(C)n1ncc2c1C2.Cc1c(C(C)C)nnn1C.Cc1nc(C(C)C)n(C)n1.Cc1nc(C)n(C(C)C)n1.Cc1nn(C(C)C)c(C)c1C.Cc1nn(C(C)C)c2c1C2.Cc1nnc(C(C)C)n1C.Cc1nnn(C(C)C)c1C. The van der Waals surface area contributed by atoms with Gasteiger partial charge >= 0.3 is 0 Å². The van der Waals surface area contributed by atoms with Crippen LogP contribution in [0.5, 0.6) is 0 Å². The first-order valence-corrected chi connectivity index (χ1v) is 38.9. The van der Waals surface area contributed by atoms with Crippen molar-refractivity contribution in [2.45, 2.75) is 327 Å². The quantitative estimate of drug-likeness (QED) is 0.116. The Bertz CT molecular complexity index is 4230. The summed E-state index contributed by atoms with van der Waals surface area (Å²) in [6, 6.07) is 2.38. The maximum absolute atomic E-state index is 4.43. The molecule has 28 nitrogen and oxygen atoms in total. The molecule has 0 spiro atoms. The standard InChI is InChI=1S/C9H16N2.2C8H12N2.5C7H13N3.2C7H10N2.C6H9N3/c1-6(2)11-9(5)7(3)8(4)10-11;1-5(2)8-6-4-7(6)10(3)9-8;1-5(2)10-8-4-7(8)6(3)9-10;1-5(2)7-9-8-6(3)10(7)4;1-5(2)7-8-6(3)9-10(7)4;1-5(2)7-6(3)10(4)9-8-7;1-5(2)10-7(4)8-6(3)9-10;1-5(2)10-7(4)6(3)8-9-10;1-5(2)7-8-3-6-4-9(6)7;1-5(2)9-7-3-6(7)4-8-9;1-4(2)6-5-3-9(5)8-7-6/h6H,1-5H3;2*5H,4H2,1-3H3;5*5H,1-4H3;3,5H,4H2,1-2H3;4-5H,3H2,1-2H3;4H,3H2,1-2H3. The van der Waals surface area contributed by atoms with Crippen molar-refractivity contribution < 1.29 is 0 Å². The summed E-state index contributed by atoms with van der Waals surface area (Å²) in [5.41, 5.74) is 23.4. The van der Waals surface area contributed by atoms with Crippen LogP contribution in [0, 0.1) is 76.2 Å². The summed E-state index contributed by atoms with van der Waals surface area (Å²) in [5, 5.41) is 57.5. The molecule has 0 bridgehead atoms. The van der Waals surface area contributed by atoms with Crippen LogP contribution in [-0.2, 0) is 60.5 Å². The lowest BCUT2D eigenvalue weighted by Gasteiger charge is -2.07. The number of fused-ring (bicyclic) bond motifs is 5. The molecule has 5 aliphatic rings. The van der Waals surface area contributed by atoms with Gasteiger partial charge in [0.15, 0.2) is 0 Å². The maximum atomic E-state index is 4.43. The Morgan fingerprint density at radius 1 is 0.343 bits per heavy atom. The molecule has 0 atom stereocenters. The van der Waals surface area contributed by atoms with Gasteiger partial charge in [0.25, 0.3) is 0 Å². The highest BCUT2D eigenvalue weighted by Gasteiger charge is 2.30. The molecule has 13 heterocycles. The minimum atomic E-state index is 0.418. The average Bonchev–Trinajstić information content (AvgIpc) is 1.60. The Morgan fingerprint density at radius 2 is 0.889 bits per heavy atom. The smallest absolute Gasteiger partial charge is 0.147 e. The zero-order valence-corrected chi connectivity index (χ0v) is 73.1.